The summed E-state index contributed by atoms with van der Waals surface area (Å²) in [6, 6.07) is 2.01. The fourth-order valence-electron chi connectivity index (χ4n) is 1.38. The number of halogens is 5. The Labute approximate surface area is 95.6 Å². The van der Waals surface area contributed by atoms with Crippen LogP contribution in [0.4, 0.5) is 22.0 Å². The predicted octanol–water partition coefficient (Wildman–Crippen LogP) is 3.40. The van der Waals surface area contributed by atoms with E-state index in [0.717, 1.165) is 18.2 Å². The zero-order valence-electron chi connectivity index (χ0n) is 9.11. The van der Waals surface area contributed by atoms with Crippen LogP contribution in [0.2, 0.25) is 0 Å². The van der Waals surface area contributed by atoms with Crippen LogP contribution in [0.1, 0.15) is 18.9 Å². The van der Waals surface area contributed by atoms with E-state index >= 15 is 0 Å². The van der Waals surface area contributed by atoms with E-state index in [0.29, 0.717) is 0 Å². The molecule has 17 heavy (non-hydrogen) atoms. The zero-order chi connectivity index (χ0) is 13.1. The molecule has 0 fully saturated rings. The van der Waals surface area contributed by atoms with Gasteiger partial charge in [-0.2, -0.15) is 13.2 Å². The summed E-state index contributed by atoms with van der Waals surface area (Å²) in [5, 5.41) is 2.50. The van der Waals surface area contributed by atoms with Gasteiger partial charge in [-0.1, -0.05) is 0 Å². The molecule has 0 aliphatic rings. The first kappa shape index (κ1) is 13.9. The van der Waals surface area contributed by atoms with E-state index in [2.05, 4.69) is 5.32 Å². The summed E-state index contributed by atoms with van der Waals surface area (Å²) in [5.41, 5.74) is 0.0130. The number of hydrogen-bond donors (Lipinski definition) is 1. The van der Waals surface area contributed by atoms with Crippen molar-refractivity contribution in [2.24, 2.45) is 0 Å². The molecule has 0 aliphatic carbocycles. The Bertz CT molecular complexity index is 375. The van der Waals surface area contributed by atoms with Crippen LogP contribution in [-0.2, 0) is 6.54 Å². The van der Waals surface area contributed by atoms with Crippen molar-refractivity contribution in [2.45, 2.75) is 32.1 Å². The summed E-state index contributed by atoms with van der Waals surface area (Å²) < 4.78 is 61.9. The fourth-order valence-corrected chi connectivity index (χ4v) is 1.38. The van der Waals surface area contributed by atoms with Gasteiger partial charge in [0.2, 0.25) is 0 Å². The second-order valence-electron chi connectivity index (χ2n) is 3.84. The van der Waals surface area contributed by atoms with Crippen LogP contribution in [0.5, 0.6) is 0 Å². The van der Waals surface area contributed by atoms with Crippen molar-refractivity contribution in [3.63, 3.8) is 0 Å². The molecule has 0 amide bonds. The van der Waals surface area contributed by atoms with Crippen LogP contribution in [0, 0.1) is 11.6 Å². The molecule has 96 valence electrons. The minimum absolute atomic E-state index is 0.0130. The Hall–Kier alpha value is -1.17. The summed E-state index contributed by atoms with van der Waals surface area (Å²) in [5.74, 6) is -1.26. The highest BCUT2D eigenvalue weighted by Gasteiger charge is 2.29. The second-order valence-corrected chi connectivity index (χ2v) is 3.84. The maximum absolute atomic E-state index is 13.1. The highest BCUT2D eigenvalue weighted by atomic mass is 19.4. The molecule has 1 nitrogen and oxygen atoms in total. The molecule has 0 spiro atoms. The molecule has 6 heteroatoms. The highest BCUT2D eigenvalue weighted by molar-refractivity contribution is 5.18. The molecule has 1 unspecified atom stereocenters. The van der Waals surface area contributed by atoms with E-state index < -0.39 is 30.3 Å². The first-order valence-electron chi connectivity index (χ1n) is 5.02. The Kier molecular flexibility index (Phi) is 4.45. The van der Waals surface area contributed by atoms with Gasteiger partial charge in [0, 0.05) is 18.2 Å². The maximum Gasteiger partial charge on any atom is 0.390 e. The lowest BCUT2D eigenvalue weighted by Gasteiger charge is -2.16. The lowest BCUT2D eigenvalue weighted by Crippen LogP contribution is -2.31. The monoisotopic (exact) mass is 253 g/mol. The van der Waals surface area contributed by atoms with Gasteiger partial charge in [0.05, 0.1) is 6.42 Å². The van der Waals surface area contributed by atoms with E-state index in [1.165, 1.54) is 6.92 Å². The first-order chi connectivity index (χ1) is 7.78. The van der Waals surface area contributed by atoms with Crippen molar-refractivity contribution >= 4 is 0 Å². The lowest BCUT2D eigenvalue weighted by atomic mass is 10.1. The van der Waals surface area contributed by atoms with E-state index in [1.54, 1.807) is 0 Å². The van der Waals surface area contributed by atoms with Gasteiger partial charge in [-0.15, -0.1) is 0 Å². The third kappa shape index (κ3) is 5.12. The molecule has 0 radical (unpaired) electrons. The molecular weight excluding hydrogens is 241 g/mol. The van der Waals surface area contributed by atoms with Gasteiger partial charge < -0.3 is 5.32 Å². The Balaban J connectivity index is 2.53. The fraction of sp³-hybridized carbons (Fsp3) is 0.455. The standard InChI is InChI=1S/C11H12F5N/c1-7(5-11(14,15)16)17-6-8-4-9(12)2-3-10(8)13/h2-4,7,17H,5-6H2,1H3. The molecule has 0 saturated heterocycles. The van der Waals surface area contributed by atoms with E-state index in [1.807, 2.05) is 0 Å². The third-order valence-electron chi connectivity index (χ3n) is 2.19. The van der Waals surface area contributed by atoms with Crippen molar-refractivity contribution in [1.29, 1.82) is 0 Å². The van der Waals surface area contributed by atoms with Gasteiger partial charge in [-0.05, 0) is 25.1 Å². The number of rotatable bonds is 4. The molecule has 0 aromatic heterocycles. The molecule has 0 saturated carbocycles. The van der Waals surface area contributed by atoms with Gasteiger partial charge >= 0.3 is 6.18 Å². The molecule has 0 heterocycles. The Morgan fingerprint density at radius 3 is 2.47 bits per heavy atom. The van der Waals surface area contributed by atoms with Crippen LogP contribution in [-0.4, -0.2) is 12.2 Å². The smallest absolute Gasteiger partial charge is 0.310 e. The lowest BCUT2D eigenvalue weighted by molar-refractivity contribution is -0.139. The average molecular weight is 253 g/mol. The summed E-state index contributed by atoms with van der Waals surface area (Å²) >= 11 is 0. The minimum atomic E-state index is -4.27. The molecule has 1 rings (SSSR count). The quantitative estimate of drug-likeness (QED) is 0.811. The molecule has 1 atom stereocenters. The van der Waals surface area contributed by atoms with Gasteiger partial charge in [0.25, 0.3) is 0 Å². The van der Waals surface area contributed by atoms with Crippen LogP contribution in [0.15, 0.2) is 18.2 Å². The van der Waals surface area contributed by atoms with Crippen LogP contribution in [0.3, 0.4) is 0 Å². The molecule has 1 aromatic rings. The largest absolute Gasteiger partial charge is 0.390 e. The van der Waals surface area contributed by atoms with Crippen LogP contribution < -0.4 is 5.32 Å². The number of alkyl halides is 3. The van der Waals surface area contributed by atoms with Gasteiger partial charge in [-0.3, -0.25) is 0 Å². The summed E-state index contributed by atoms with van der Waals surface area (Å²) in [6.07, 6.45) is -5.28. The van der Waals surface area contributed by atoms with Crippen molar-refractivity contribution in [3.05, 3.63) is 35.4 Å². The Morgan fingerprint density at radius 2 is 1.88 bits per heavy atom. The SMILES string of the molecule is CC(CC(F)(F)F)NCc1cc(F)ccc1F. The molecule has 0 bridgehead atoms. The normalized spacial score (nSPS) is 13.8. The predicted molar refractivity (Wildman–Crippen MR) is 53.3 cm³/mol. The van der Waals surface area contributed by atoms with Gasteiger partial charge in [0.1, 0.15) is 11.6 Å². The number of hydrogen-bond acceptors (Lipinski definition) is 1. The van der Waals surface area contributed by atoms with Crippen molar-refractivity contribution in [1.82, 2.24) is 5.32 Å². The Morgan fingerprint density at radius 1 is 1.24 bits per heavy atom. The van der Waals surface area contributed by atoms with Gasteiger partial charge in [-0.25, -0.2) is 8.78 Å². The molecular formula is C11H12F5N. The van der Waals surface area contributed by atoms with E-state index in [4.69, 9.17) is 0 Å². The van der Waals surface area contributed by atoms with E-state index in [9.17, 15) is 22.0 Å². The number of nitrogens with one attached hydrogen (secondary N) is 1. The summed E-state index contributed by atoms with van der Waals surface area (Å²) in [6.45, 7) is 1.20. The summed E-state index contributed by atoms with van der Waals surface area (Å²) in [4.78, 5) is 0. The van der Waals surface area contributed by atoms with Crippen LogP contribution >= 0.6 is 0 Å². The van der Waals surface area contributed by atoms with Crippen molar-refractivity contribution in [2.75, 3.05) is 0 Å². The molecule has 0 aliphatic heterocycles. The zero-order valence-corrected chi connectivity index (χ0v) is 9.11. The van der Waals surface area contributed by atoms with Crippen LogP contribution in [0.25, 0.3) is 0 Å². The first-order valence-corrected chi connectivity index (χ1v) is 5.02. The number of benzene rings is 1. The minimum Gasteiger partial charge on any atom is -0.310 e. The highest BCUT2D eigenvalue weighted by Crippen LogP contribution is 2.21. The summed E-state index contributed by atoms with van der Waals surface area (Å²) in [7, 11) is 0. The van der Waals surface area contributed by atoms with Gasteiger partial charge in [0.15, 0.2) is 0 Å². The second kappa shape index (κ2) is 5.44. The van der Waals surface area contributed by atoms with Crippen molar-refractivity contribution in [3.8, 4) is 0 Å². The topological polar surface area (TPSA) is 12.0 Å². The third-order valence-corrected chi connectivity index (χ3v) is 2.19. The average Bonchev–Trinajstić information content (AvgIpc) is 2.17. The maximum atomic E-state index is 13.1. The molecule has 1 aromatic carbocycles. The van der Waals surface area contributed by atoms with E-state index in [-0.39, 0.29) is 12.1 Å². The van der Waals surface area contributed by atoms with Crippen molar-refractivity contribution < 1.29 is 22.0 Å². The molecule has 1 N–H and O–H groups in total.